The number of amides is 1. The van der Waals surface area contributed by atoms with Crippen molar-refractivity contribution in [1.29, 1.82) is 0 Å². The summed E-state index contributed by atoms with van der Waals surface area (Å²) in [6.45, 7) is 11.0. The van der Waals surface area contributed by atoms with Gasteiger partial charge in [0.15, 0.2) is 0 Å². The van der Waals surface area contributed by atoms with E-state index in [1.165, 1.54) is 6.20 Å². The number of aromatic nitrogens is 1. The van der Waals surface area contributed by atoms with Crippen LogP contribution in [-0.4, -0.2) is 64.4 Å². The zero-order valence-corrected chi connectivity index (χ0v) is 20.8. The molecule has 0 saturated carbocycles. The van der Waals surface area contributed by atoms with Crippen LogP contribution in [0.2, 0.25) is 0 Å². The summed E-state index contributed by atoms with van der Waals surface area (Å²) in [6.07, 6.45) is 4.39. The number of likely N-dealkylation sites (tertiary alicyclic amines) is 1. The molecule has 9 nitrogen and oxygen atoms in total. The molecule has 0 bridgehead atoms. The molecule has 1 aromatic heterocycles. The molecule has 2 aromatic rings. The van der Waals surface area contributed by atoms with Gasteiger partial charge in [0.05, 0.1) is 17.3 Å². The monoisotopic (exact) mass is 475 g/mol. The Morgan fingerprint density at radius 2 is 2.17 bits per heavy atom. The molecule has 35 heavy (non-hydrogen) atoms. The molecule has 2 aliphatic rings. The van der Waals surface area contributed by atoms with Crippen LogP contribution in [0.3, 0.4) is 0 Å². The number of fused-ring (bicyclic) bond motifs is 1. The Kier molecular flexibility index (Phi) is 6.86. The number of rotatable bonds is 5. The molecule has 1 unspecified atom stereocenters. The van der Waals surface area contributed by atoms with Crippen LogP contribution >= 0.6 is 0 Å². The Bertz CT molecular complexity index is 1210. The van der Waals surface area contributed by atoms with Crippen LogP contribution in [0.1, 0.15) is 32.8 Å². The van der Waals surface area contributed by atoms with Crippen molar-refractivity contribution in [2.24, 2.45) is 21.0 Å². The summed E-state index contributed by atoms with van der Waals surface area (Å²) in [5, 5.41) is 9.69. The number of benzene rings is 1. The predicted molar refractivity (Wildman–Crippen MR) is 137 cm³/mol. The normalized spacial score (nSPS) is 21.8. The lowest BCUT2D eigenvalue weighted by molar-refractivity contribution is 0.0230. The summed E-state index contributed by atoms with van der Waals surface area (Å²) in [4.78, 5) is 25.4. The van der Waals surface area contributed by atoms with E-state index < -0.39 is 5.60 Å². The largest absolute Gasteiger partial charge is 0.444 e. The van der Waals surface area contributed by atoms with Gasteiger partial charge in [0.25, 0.3) is 0 Å². The van der Waals surface area contributed by atoms with Gasteiger partial charge >= 0.3 is 6.09 Å². The van der Waals surface area contributed by atoms with Gasteiger partial charge in [-0.15, -0.1) is 0 Å². The molecular weight excluding hydrogens is 442 g/mol. The maximum Gasteiger partial charge on any atom is 0.410 e. The highest BCUT2D eigenvalue weighted by Gasteiger charge is 2.33. The fourth-order valence-electron chi connectivity index (χ4n) is 4.28. The van der Waals surface area contributed by atoms with E-state index in [1.54, 1.807) is 18.1 Å². The Hall–Kier alpha value is -3.75. The molecule has 1 amide bonds. The van der Waals surface area contributed by atoms with Crippen molar-refractivity contribution in [2.75, 3.05) is 20.1 Å². The third-order valence-corrected chi connectivity index (χ3v) is 6.13. The van der Waals surface area contributed by atoms with Crippen LogP contribution < -0.4 is 5.73 Å². The van der Waals surface area contributed by atoms with E-state index >= 15 is 0 Å². The Morgan fingerprint density at radius 1 is 1.37 bits per heavy atom. The second kappa shape index (κ2) is 9.85. The highest BCUT2D eigenvalue weighted by atomic mass is 16.6. The van der Waals surface area contributed by atoms with Gasteiger partial charge in [-0.2, -0.15) is 10.2 Å². The van der Waals surface area contributed by atoms with Crippen LogP contribution in [0, 0.1) is 0 Å². The number of hydrogen-bond donors (Lipinski definition) is 1. The molecule has 0 aliphatic carbocycles. The first kappa shape index (κ1) is 24.4. The first-order valence-electron chi connectivity index (χ1n) is 11.8. The molecule has 1 saturated heterocycles. The Balaban J connectivity index is 1.46. The number of carbonyl (C=O) groups is 1. The highest BCUT2D eigenvalue weighted by molar-refractivity contribution is 6.05. The lowest BCUT2D eigenvalue weighted by Gasteiger charge is -2.28. The molecule has 1 aromatic carbocycles. The Morgan fingerprint density at radius 3 is 2.91 bits per heavy atom. The van der Waals surface area contributed by atoms with Crippen LogP contribution in [0.4, 0.5) is 4.79 Å². The van der Waals surface area contributed by atoms with Gasteiger partial charge in [-0.3, -0.25) is 4.98 Å². The van der Waals surface area contributed by atoms with Crippen molar-refractivity contribution >= 4 is 22.7 Å². The second-order valence-corrected chi connectivity index (χ2v) is 9.91. The number of aliphatic imine (C=N–C) groups is 1. The van der Waals surface area contributed by atoms with Crippen LogP contribution in [-0.2, 0) is 11.2 Å². The maximum atomic E-state index is 12.5. The van der Waals surface area contributed by atoms with E-state index in [9.17, 15) is 4.79 Å². The number of azo groups is 1. The van der Waals surface area contributed by atoms with Crippen molar-refractivity contribution in [3.8, 4) is 0 Å². The minimum atomic E-state index is -0.537. The molecular formula is C26H33N7O2. The average Bonchev–Trinajstić information content (AvgIpc) is 3.43. The molecule has 2 aliphatic heterocycles. The standard InChI is InChI=1S/C26H33N7O2/c1-17-24(22(31-30-17)14-18-8-9-21-19(13-18)7-6-11-28-21)29-23(15-27)33-12-10-20(16-33)32(5)25(34)35-26(2,3)4/h6-9,11,13,15,20,22H,1,10,12,14,16,27H2,2-5H3/b23-15+,29-24?/t20-,22?/m1/s1. The van der Waals surface area contributed by atoms with Gasteiger partial charge in [0.1, 0.15) is 23.2 Å². The molecule has 3 heterocycles. The molecule has 0 spiro atoms. The minimum Gasteiger partial charge on any atom is -0.444 e. The zero-order chi connectivity index (χ0) is 25.2. The smallest absolute Gasteiger partial charge is 0.410 e. The van der Waals surface area contributed by atoms with E-state index in [-0.39, 0.29) is 18.2 Å². The first-order valence-corrected chi connectivity index (χ1v) is 11.8. The molecule has 9 heteroatoms. The second-order valence-electron chi connectivity index (χ2n) is 9.91. The van der Waals surface area contributed by atoms with Crippen molar-refractivity contribution in [3.63, 3.8) is 0 Å². The maximum absolute atomic E-state index is 12.5. The predicted octanol–water partition coefficient (Wildman–Crippen LogP) is 4.27. The van der Waals surface area contributed by atoms with E-state index in [4.69, 9.17) is 15.5 Å². The SMILES string of the molecule is C=C1N=NC(Cc2ccc3ncccc3c2)C1=N/C(=C\N)N1CC[C@@H](N(C)C(=O)OC(C)(C)C)C1. The summed E-state index contributed by atoms with van der Waals surface area (Å²) in [5.41, 5.74) is 8.77. The van der Waals surface area contributed by atoms with Gasteiger partial charge in [-0.25, -0.2) is 9.79 Å². The molecule has 1 fully saturated rings. The van der Waals surface area contributed by atoms with Crippen LogP contribution in [0.15, 0.2) is 76.0 Å². The summed E-state index contributed by atoms with van der Waals surface area (Å²) < 4.78 is 5.51. The molecule has 2 N–H and O–H groups in total. The minimum absolute atomic E-state index is 0.00293. The first-order chi connectivity index (χ1) is 16.6. The summed E-state index contributed by atoms with van der Waals surface area (Å²) >= 11 is 0. The molecule has 4 rings (SSSR count). The number of nitrogens with zero attached hydrogens (tertiary/aromatic N) is 6. The van der Waals surface area contributed by atoms with Crippen molar-refractivity contribution in [1.82, 2.24) is 14.8 Å². The van der Waals surface area contributed by atoms with Gasteiger partial charge in [-0.1, -0.05) is 18.7 Å². The van der Waals surface area contributed by atoms with E-state index in [0.29, 0.717) is 30.2 Å². The fraction of sp³-hybridized carbons (Fsp3) is 0.423. The average molecular weight is 476 g/mol. The number of carbonyl (C=O) groups excluding carboxylic acids is 1. The van der Waals surface area contributed by atoms with E-state index in [1.807, 2.05) is 39.0 Å². The van der Waals surface area contributed by atoms with Crippen LogP contribution in [0.5, 0.6) is 0 Å². The lowest BCUT2D eigenvalue weighted by Crippen LogP contribution is -2.42. The lowest BCUT2D eigenvalue weighted by atomic mass is 10.0. The van der Waals surface area contributed by atoms with E-state index in [0.717, 1.165) is 29.4 Å². The quantitative estimate of drug-likeness (QED) is 0.695. The Labute approximate surface area is 206 Å². The number of pyridine rings is 1. The summed E-state index contributed by atoms with van der Waals surface area (Å²) in [5.74, 6) is 0.626. The van der Waals surface area contributed by atoms with Crippen LogP contribution in [0.25, 0.3) is 10.9 Å². The van der Waals surface area contributed by atoms with Crippen molar-refractivity contribution in [3.05, 3.63) is 66.4 Å². The third-order valence-electron chi connectivity index (χ3n) is 6.13. The third kappa shape index (κ3) is 5.67. The van der Waals surface area contributed by atoms with Crippen molar-refractivity contribution < 1.29 is 9.53 Å². The molecule has 0 radical (unpaired) electrons. The molecule has 184 valence electrons. The number of ether oxygens (including phenoxy) is 1. The van der Waals surface area contributed by atoms with Gasteiger partial charge in [0, 0.05) is 44.3 Å². The fourth-order valence-corrected chi connectivity index (χ4v) is 4.28. The van der Waals surface area contributed by atoms with Gasteiger partial charge < -0.3 is 20.3 Å². The molecule has 2 atom stereocenters. The van der Waals surface area contributed by atoms with E-state index in [2.05, 4.69) is 38.8 Å². The summed E-state index contributed by atoms with van der Waals surface area (Å²) in [6, 6.07) is 9.92. The summed E-state index contributed by atoms with van der Waals surface area (Å²) in [7, 11) is 1.77. The highest BCUT2D eigenvalue weighted by Crippen LogP contribution is 2.26. The van der Waals surface area contributed by atoms with Crippen molar-refractivity contribution in [2.45, 2.75) is 51.3 Å². The topological polar surface area (TPSA) is 109 Å². The number of nitrogens with two attached hydrogens (primary N) is 1. The number of likely N-dealkylation sites (N-methyl/N-ethyl adjacent to an activating group) is 1. The van der Waals surface area contributed by atoms with Gasteiger partial charge in [0.2, 0.25) is 0 Å². The zero-order valence-electron chi connectivity index (χ0n) is 20.8. The van der Waals surface area contributed by atoms with Gasteiger partial charge in [-0.05, 0) is 51.0 Å². The number of hydrogen-bond acceptors (Lipinski definition) is 8.